The molecule has 0 saturated carbocycles. The van der Waals surface area contributed by atoms with Crippen LogP contribution < -0.4 is 15.2 Å². The number of benzene rings is 1. The summed E-state index contributed by atoms with van der Waals surface area (Å²) in [6.45, 7) is 3.73. The first-order valence-electron chi connectivity index (χ1n) is 6.11. The molecule has 19 heavy (non-hydrogen) atoms. The Morgan fingerprint density at radius 1 is 1.26 bits per heavy atom. The third-order valence-electron chi connectivity index (χ3n) is 2.76. The van der Waals surface area contributed by atoms with Crippen LogP contribution in [0.5, 0.6) is 11.5 Å². The van der Waals surface area contributed by atoms with Crippen LogP contribution in [-0.2, 0) is 16.0 Å². The highest BCUT2D eigenvalue weighted by Crippen LogP contribution is 2.28. The SMILES string of the molecule is CCOC(=O)[C@](C)(N)Cc1ccc(OC)c(OC)c1. The lowest BCUT2D eigenvalue weighted by atomic mass is 9.94. The molecule has 0 amide bonds. The summed E-state index contributed by atoms with van der Waals surface area (Å²) in [7, 11) is 3.14. The lowest BCUT2D eigenvalue weighted by Gasteiger charge is -2.22. The summed E-state index contributed by atoms with van der Waals surface area (Å²) >= 11 is 0. The molecule has 0 bridgehead atoms. The van der Waals surface area contributed by atoms with E-state index >= 15 is 0 Å². The van der Waals surface area contributed by atoms with Crippen LogP contribution in [0.25, 0.3) is 0 Å². The van der Waals surface area contributed by atoms with Gasteiger partial charge in [0.25, 0.3) is 0 Å². The van der Waals surface area contributed by atoms with Crippen LogP contribution in [0.4, 0.5) is 0 Å². The van der Waals surface area contributed by atoms with Gasteiger partial charge in [0.2, 0.25) is 0 Å². The zero-order valence-corrected chi connectivity index (χ0v) is 11.9. The highest BCUT2D eigenvalue weighted by atomic mass is 16.5. The van der Waals surface area contributed by atoms with Crippen molar-refractivity contribution >= 4 is 5.97 Å². The highest BCUT2D eigenvalue weighted by Gasteiger charge is 2.30. The van der Waals surface area contributed by atoms with Crippen molar-refractivity contribution in [3.8, 4) is 11.5 Å². The molecule has 5 heteroatoms. The van der Waals surface area contributed by atoms with Crippen LogP contribution in [0.15, 0.2) is 18.2 Å². The molecule has 0 radical (unpaired) electrons. The average Bonchev–Trinajstić information content (AvgIpc) is 2.38. The Bertz CT molecular complexity index is 443. The Hall–Kier alpha value is -1.75. The van der Waals surface area contributed by atoms with Gasteiger partial charge in [-0.2, -0.15) is 0 Å². The fourth-order valence-electron chi connectivity index (χ4n) is 1.78. The Balaban J connectivity index is 2.90. The molecule has 0 aromatic heterocycles. The molecule has 1 aromatic rings. The number of carbonyl (C=O) groups is 1. The van der Waals surface area contributed by atoms with E-state index in [0.717, 1.165) is 5.56 Å². The molecule has 0 heterocycles. The van der Waals surface area contributed by atoms with Crippen LogP contribution in [0.2, 0.25) is 0 Å². The molecule has 2 N–H and O–H groups in total. The molecule has 0 aliphatic carbocycles. The standard InChI is InChI=1S/C14H21NO4/c1-5-19-13(16)14(2,15)9-10-6-7-11(17-3)12(8-10)18-4/h6-8H,5,9,15H2,1-4H3/t14-/m1/s1. The summed E-state index contributed by atoms with van der Waals surface area (Å²) in [6, 6.07) is 5.45. The summed E-state index contributed by atoms with van der Waals surface area (Å²) in [6.07, 6.45) is 0.367. The quantitative estimate of drug-likeness (QED) is 0.791. The van der Waals surface area contributed by atoms with Gasteiger partial charge in [-0.1, -0.05) is 6.07 Å². The minimum absolute atomic E-state index is 0.317. The van der Waals surface area contributed by atoms with Gasteiger partial charge in [0.15, 0.2) is 11.5 Å². The largest absolute Gasteiger partial charge is 0.493 e. The molecule has 0 aliphatic rings. The first kappa shape index (κ1) is 15.3. The predicted molar refractivity (Wildman–Crippen MR) is 72.5 cm³/mol. The number of esters is 1. The van der Waals surface area contributed by atoms with Crippen molar-refractivity contribution in [3.63, 3.8) is 0 Å². The van der Waals surface area contributed by atoms with Crippen molar-refractivity contribution < 1.29 is 19.0 Å². The smallest absolute Gasteiger partial charge is 0.326 e. The van der Waals surface area contributed by atoms with Crippen LogP contribution in [-0.4, -0.2) is 32.3 Å². The predicted octanol–water partition coefficient (Wildman–Crippen LogP) is 1.53. The first-order chi connectivity index (χ1) is 8.94. The van der Waals surface area contributed by atoms with Crippen molar-refractivity contribution in [1.82, 2.24) is 0 Å². The number of carbonyl (C=O) groups excluding carboxylic acids is 1. The summed E-state index contributed by atoms with van der Waals surface area (Å²) in [5, 5.41) is 0. The Morgan fingerprint density at radius 3 is 2.42 bits per heavy atom. The second-order valence-electron chi connectivity index (χ2n) is 4.50. The van der Waals surface area contributed by atoms with Crippen molar-refractivity contribution in [2.24, 2.45) is 5.73 Å². The lowest BCUT2D eigenvalue weighted by Crippen LogP contribution is -2.48. The molecule has 0 spiro atoms. The van der Waals surface area contributed by atoms with E-state index in [4.69, 9.17) is 19.9 Å². The first-order valence-corrected chi connectivity index (χ1v) is 6.11. The van der Waals surface area contributed by atoms with E-state index in [1.165, 1.54) is 0 Å². The number of methoxy groups -OCH3 is 2. The van der Waals surface area contributed by atoms with E-state index in [-0.39, 0.29) is 0 Å². The number of hydrogen-bond acceptors (Lipinski definition) is 5. The van der Waals surface area contributed by atoms with Crippen LogP contribution in [0.1, 0.15) is 19.4 Å². The fourth-order valence-corrected chi connectivity index (χ4v) is 1.78. The molecule has 106 valence electrons. The maximum atomic E-state index is 11.7. The van der Waals surface area contributed by atoms with Gasteiger partial charge in [-0.25, -0.2) is 0 Å². The number of ether oxygens (including phenoxy) is 3. The molecule has 0 unspecified atom stereocenters. The van der Waals surface area contributed by atoms with E-state index < -0.39 is 11.5 Å². The van der Waals surface area contributed by atoms with Gasteiger partial charge in [-0.15, -0.1) is 0 Å². The summed E-state index contributed by atoms with van der Waals surface area (Å²) in [5.74, 6) is 0.838. The van der Waals surface area contributed by atoms with E-state index in [1.54, 1.807) is 34.1 Å². The van der Waals surface area contributed by atoms with Gasteiger partial charge in [-0.05, 0) is 31.5 Å². The summed E-state index contributed by atoms with van der Waals surface area (Å²) in [5.41, 5.74) is 5.82. The van der Waals surface area contributed by atoms with Crippen molar-refractivity contribution in [2.75, 3.05) is 20.8 Å². The molecular formula is C14H21NO4. The second-order valence-corrected chi connectivity index (χ2v) is 4.50. The van der Waals surface area contributed by atoms with Crippen LogP contribution in [0.3, 0.4) is 0 Å². The normalized spacial score (nSPS) is 13.5. The average molecular weight is 267 g/mol. The van der Waals surface area contributed by atoms with Gasteiger partial charge in [0.05, 0.1) is 20.8 Å². The Labute approximate surface area is 113 Å². The zero-order valence-electron chi connectivity index (χ0n) is 11.9. The maximum Gasteiger partial charge on any atom is 0.326 e. The van der Waals surface area contributed by atoms with Crippen LogP contribution >= 0.6 is 0 Å². The summed E-state index contributed by atoms with van der Waals surface area (Å²) in [4.78, 5) is 11.7. The third kappa shape index (κ3) is 3.86. The monoisotopic (exact) mass is 267 g/mol. The Kier molecular flexibility index (Phi) is 5.18. The van der Waals surface area contributed by atoms with Crippen molar-refractivity contribution in [3.05, 3.63) is 23.8 Å². The van der Waals surface area contributed by atoms with Gasteiger partial charge in [-0.3, -0.25) is 4.79 Å². The molecular weight excluding hydrogens is 246 g/mol. The molecule has 0 aliphatic heterocycles. The zero-order chi connectivity index (χ0) is 14.5. The van der Waals surface area contributed by atoms with E-state index in [1.807, 2.05) is 12.1 Å². The van der Waals surface area contributed by atoms with Crippen LogP contribution in [0, 0.1) is 0 Å². The minimum Gasteiger partial charge on any atom is -0.493 e. The van der Waals surface area contributed by atoms with Gasteiger partial charge < -0.3 is 19.9 Å². The van der Waals surface area contributed by atoms with E-state index in [9.17, 15) is 4.79 Å². The maximum absolute atomic E-state index is 11.7. The molecule has 0 fully saturated rings. The number of nitrogens with two attached hydrogens (primary N) is 1. The van der Waals surface area contributed by atoms with Crippen molar-refractivity contribution in [1.29, 1.82) is 0 Å². The fraction of sp³-hybridized carbons (Fsp3) is 0.500. The van der Waals surface area contributed by atoms with Gasteiger partial charge >= 0.3 is 5.97 Å². The second kappa shape index (κ2) is 6.43. The van der Waals surface area contributed by atoms with Crippen molar-refractivity contribution in [2.45, 2.75) is 25.8 Å². The lowest BCUT2D eigenvalue weighted by molar-refractivity contribution is -0.148. The van der Waals surface area contributed by atoms with Gasteiger partial charge in [0, 0.05) is 6.42 Å². The summed E-state index contributed by atoms with van der Waals surface area (Å²) < 4.78 is 15.3. The topological polar surface area (TPSA) is 70.8 Å². The highest BCUT2D eigenvalue weighted by molar-refractivity contribution is 5.80. The molecule has 1 atom stereocenters. The third-order valence-corrected chi connectivity index (χ3v) is 2.76. The Morgan fingerprint density at radius 2 is 1.89 bits per heavy atom. The van der Waals surface area contributed by atoms with E-state index in [2.05, 4.69) is 0 Å². The van der Waals surface area contributed by atoms with E-state index in [0.29, 0.717) is 24.5 Å². The minimum atomic E-state index is -1.06. The number of rotatable bonds is 6. The van der Waals surface area contributed by atoms with Gasteiger partial charge in [0.1, 0.15) is 5.54 Å². The molecule has 1 rings (SSSR count). The number of hydrogen-bond donors (Lipinski definition) is 1. The molecule has 1 aromatic carbocycles. The molecule has 0 saturated heterocycles. The molecule has 5 nitrogen and oxygen atoms in total.